The first-order chi connectivity index (χ1) is 10.5. The summed E-state index contributed by atoms with van der Waals surface area (Å²) in [5.41, 5.74) is 5.23. The van der Waals surface area contributed by atoms with Crippen molar-refractivity contribution in [3.8, 4) is 0 Å². The van der Waals surface area contributed by atoms with Gasteiger partial charge in [-0.2, -0.15) is 0 Å². The molecule has 5 rings (SSSR count). The number of hydrogen-bond donors (Lipinski definition) is 2. The molecule has 0 aromatic carbocycles. The van der Waals surface area contributed by atoms with Crippen LogP contribution < -0.4 is 11.1 Å². The van der Waals surface area contributed by atoms with Crippen LogP contribution in [-0.2, 0) is 14.3 Å². The van der Waals surface area contributed by atoms with Gasteiger partial charge in [0.05, 0.1) is 17.9 Å². The Morgan fingerprint density at radius 3 is 2.32 bits per heavy atom. The zero-order chi connectivity index (χ0) is 15.5. The van der Waals surface area contributed by atoms with Crippen LogP contribution >= 0.6 is 0 Å². The van der Waals surface area contributed by atoms with E-state index in [1.54, 1.807) is 0 Å². The summed E-state index contributed by atoms with van der Waals surface area (Å²) in [5.74, 6) is 1.62. The molecule has 0 aromatic heterocycles. The van der Waals surface area contributed by atoms with Gasteiger partial charge in [0.1, 0.15) is 0 Å². The van der Waals surface area contributed by atoms with Crippen molar-refractivity contribution >= 4 is 11.9 Å². The summed E-state index contributed by atoms with van der Waals surface area (Å²) in [5, 5.41) is 3.32. The first kappa shape index (κ1) is 14.5. The summed E-state index contributed by atoms with van der Waals surface area (Å²) in [6, 6.07) is 0.242. The summed E-state index contributed by atoms with van der Waals surface area (Å²) in [4.78, 5) is 24.8. The minimum atomic E-state index is -0.283. The topological polar surface area (TPSA) is 81.4 Å². The first-order valence-electron chi connectivity index (χ1n) is 8.61. The lowest BCUT2D eigenvalue weighted by molar-refractivity contribution is -0.171. The van der Waals surface area contributed by atoms with E-state index in [9.17, 15) is 9.59 Å². The smallest absolute Gasteiger partial charge is 0.311 e. The molecular weight excluding hydrogens is 280 g/mol. The van der Waals surface area contributed by atoms with Gasteiger partial charge in [0, 0.05) is 12.6 Å². The lowest BCUT2D eigenvalue weighted by Crippen LogP contribution is -2.62. The second-order valence-corrected chi connectivity index (χ2v) is 8.23. The molecule has 22 heavy (non-hydrogen) atoms. The van der Waals surface area contributed by atoms with Crippen molar-refractivity contribution in [1.82, 2.24) is 5.32 Å². The third-order valence-corrected chi connectivity index (χ3v) is 6.92. The molecular formula is C17H26N2O3. The van der Waals surface area contributed by atoms with Gasteiger partial charge in [-0.25, -0.2) is 0 Å². The maximum Gasteiger partial charge on any atom is 0.311 e. The highest BCUT2D eigenvalue weighted by Gasteiger charge is 2.60. The van der Waals surface area contributed by atoms with E-state index in [0.29, 0.717) is 24.3 Å². The normalized spacial score (nSPS) is 43.7. The van der Waals surface area contributed by atoms with Crippen molar-refractivity contribution in [2.45, 2.75) is 51.0 Å². The van der Waals surface area contributed by atoms with Crippen molar-refractivity contribution in [3.63, 3.8) is 0 Å². The quantitative estimate of drug-likeness (QED) is 0.765. The first-order valence-corrected chi connectivity index (χ1v) is 8.61. The van der Waals surface area contributed by atoms with Gasteiger partial charge in [0.2, 0.25) is 5.91 Å². The van der Waals surface area contributed by atoms with Gasteiger partial charge in [-0.05, 0) is 62.7 Å². The average Bonchev–Trinajstić information content (AvgIpc) is 3.30. The van der Waals surface area contributed by atoms with Gasteiger partial charge in [0.25, 0.3) is 0 Å². The number of nitrogens with one attached hydrogen (secondary N) is 1. The predicted molar refractivity (Wildman–Crippen MR) is 80.7 cm³/mol. The van der Waals surface area contributed by atoms with Crippen molar-refractivity contribution in [1.29, 1.82) is 0 Å². The Labute approximate surface area is 131 Å². The molecule has 5 fully saturated rings. The number of methoxy groups -OCH3 is 1. The Balaban J connectivity index is 1.51. The summed E-state index contributed by atoms with van der Waals surface area (Å²) < 4.78 is 5.09. The second kappa shape index (κ2) is 4.70. The molecule has 5 aliphatic rings. The zero-order valence-electron chi connectivity index (χ0n) is 13.3. The molecule has 0 saturated heterocycles. The van der Waals surface area contributed by atoms with Crippen molar-refractivity contribution in [2.75, 3.05) is 13.7 Å². The van der Waals surface area contributed by atoms with E-state index in [1.807, 2.05) is 0 Å². The van der Waals surface area contributed by atoms with Crippen LogP contribution in [-0.4, -0.2) is 31.6 Å². The molecule has 3 N–H and O–H groups in total. The van der Waals surface area contributed by atoms with Crippen molar-refractivity contribution in [3.05, 3.63) is 0 Å². The van der Waals surface area contributed by atoms with Crippen LogP contribution in [0.15, 0.2) is 0 Å². The zero-order valence-corrected chi connectivity index (χ0v) is 13.3. The summed E-state index contributed by atoms with van der Waals surface area (Å²) in [6.45, 7) is 0.454. The van der Waals surface area contributed by atoms with Crippen LogP contribution in [0, 0.1) is 28.6 Å². The number of ether oxygens (including phenoxy) is 1. The molecule has 5 aliphatic carbocycles. The lowest BCUT2D eigenvalue weighted by Gasteiger charge is -2.58. The molecule has 2 atom stereocenters. The highest BCUT2D eigenvalue weighted by atomic mass is 16.5. The van der Waals surface area contributed by atoms with Gasteiger partial charge in [0.15, 0.2) is 0 Å². The molecule has 0 radical (unpaired) electrons. The van der Waals surface area contributed by atoms with Crippen LogP contribution in [0.25, 0.3) is 0 Å². The van der Waals surface area contributed by atoms with E-state index in [1.165, 1.54) is 7.11 Å². The minimum absolute atomic E-state index is 0.0303. The number of carbonyl (C=O) groups excluding carboxylic acids is 2. The number of carbonyl (C=O) groups is 2. The Kier molecular flexibility index (Phi) is 3.09. The van der Waals surface area contributed by atoms with Crippen molar-refractivity contribution < 1.29 is 14.3 Å². The molecule has 0 aromatic rings. The summed E-state index contributed by atoms with van der Waals surface area (Å²) >= 11 is 0. The minimum Gasteiger partial charge on any atom is -0.469 e. The van der Waals surface area contributed by atoms with Crippen LogP contribution in [0.2, 0.25) is 0 Å². The molecule has 1 amide bonds. The van der Waals surface area contributed by atoms with Crippen molar-refractivity contribution in [2.24, 2.45) is 34.3 Å². The van der Waals surface area contributed by atoms with Gasteiger partial charge in [-0.1, -0.05) is 0 Å². The third kappa shape index (κ3) is 1.94. The average molecular weight is 306 g/mol. The van der Waals surface area contributed by atoms with E-state index < -0.39 is 0 Å². The highest BCUT2D eigenvalue weighted by molar-refractivity contribution is 5.86. The van der Waals surface area contributed by atoms with E-state index in [-0.39, 0.29) is 28.7 Å². The summed E-state index contributed by atoms with van der Waals surface area (Å²) in [6.07, 6.45) is 6.89. The van der Waals surface area contributed by atoms with Crippen LogP contribution in [0.3, 0.4) is 0 Å². The van der Waals surface area contributed by atoms with Crippen LogP contribution in [0.1, 0.15) is 44.9 Å². The van der Waals surface area contributed by atoms with Gasteiger partial charge < -0.3 is 15.8 Å². The number of rotatable bonds is 4. The SMILES string of the molecule is COC(=O)C12CC3CC(C1)C(NC(=O)C1(CN)CC1)C(C3)C2. The third-order valence-electron chi connectivity index (χ3n) is 6.92. The molecule has 0 heterocycles. The molecule has 5 nitrogen and oxygen atoms in total. The monoisotopic (exact) mass is 306 g/mol. The fourth-order valence-corrected chi connectivity index (χ4v) is 5.71. The molecule has 5 heteroatoms. The highest BCUT2D eigenvalue weighted by Crippen LogP contribution is 2.60. The maximum absolute atomic E-state index is 12.5. The standard InChI is InChI=1S/C17H26N2O3/c1-22-15(21)17-6-10-4-11(7-17)13(12(5-10)8-17)19-14(20)16(9-18)2-3-16/h10-13H,2-9,18H2,1H3,(H,19,20). The molecule has 2 unspecified atom stereocenters. The largest absolute Gasteiger partial charge is 0.469 e. The Bertz CT molecular complexity index is 498. The fourth-order valence-electron chi connectivity index (χ4n) is 5.71. The Morgan fingerprint density at radius 2 is 1.82 bits per heavy atom. The number of amides is 1. The fraction of sp³-hybridized carbons (Fsp3) is 0.882. The van der Waals surface area contributed by atoms with Gasteiger partial charge in [-0.3, -0.25) is 9.59 Å². The Hall–Kier alpha value is -1.10. The van der Waals surface area contributed by atoms with E-state index in [4.69, 9.17) is 10.5 Å². The molecule has 0 aliphatic heterocycles. The molecule has 122 valence electrons. The van der Waals surface area contributed by atoms with Gasteiger partial charge in [-0.15, -0.1) is 0 Å². The van der Waals surface area contributed by atoms with E-state index in [2.05, 4.69) is 5.32 Å². The number of hydrogen-bond acceptors (Lipinski definition) is 4. The molecule has 0 spiro atoms. The molecule has 4 bridgehead atoms. The number of nitrogens with two attached hydrogens (primary N) is 1. The van der Waals surface area contributed by atoms with Gasteiger partial charge >= 0.3 is 5.97 Å². The summed E-state index contributed by atoms with van der Waals surface area (Å²) in [7, 11) is 1.50. The Morgan fingerprint density at radius 1 is 1.18 bits per heavy atom. The number of esters is 1. The van der Waals surface area contributed by atoms with E-state index >= 15 is 0 Å². The lowest BCUT2D eigenvalue weighted by atomic mass is 9.48. The van der Waals surface area contributed by atoms with Crippen LogP contribution in [0.4, 0.5) is 0 Å². The predicted octanol–water partition coefficient (Wildman–Crippen LogP) is 1.21. The second-order valence-electron chi connectivity index (χ2n) is 8.23. The molecule has 5 saturated carbocycles. The maximum atomic E-state index is 12.5. The van der Waals surface area contributed by atoms with Crippen LogP contribution in [0.5, 0.6) is 0 Å². The van der Waals surface area contributed by atoms with E-state index in [0.717, 1.165) is 44.9 Å².